The highest BCUT2D eigenvalue weighted by molar-refractivity contribution is 5.83. The van der Waals surface area contributed by atoms with Crippen molar-refractivity contribution in [3.63, 3.8) is 0 Å². The van der Waals surface area contributed by atoms with E-state index in [1.165, 1.54) is 14.0 Å². The SMILES string of the molecule is COc1ccc(F)cc1C(C)(CC(C)(O)Cc1[nH]c2cnccc2c1C)C(F)(F)F. The Morgan fingerprint density at radius 1 is 1.17 bits per heavy atom. The van der Waals surface area contributed by atoms with Crippen molar-refractivity contribution in [3.05, 3.63) is 59.3 Å². The van der Waals surface area contributed by atoms with E-state index in [4.69, 9.17) is 4.74 Å². The van der Waals surface area contributed by atoms with E-state index in [2.05, 4.69) is 9.97 Å². The third-order valence-electron chi connectivity index (χ3n) is 5.64. The zero-order chi connectivity index (χ0) is 22.3. The minimum absolute atomic E-state index is 0.0448. The average Bonchev–Trinajstić information content (AvgIpc) is 2.95. The van der Waals surface area contributed by atoms with Crippen molar-refractivity contribution in [2.45, 2.75) is 50.8 Å². The summed E-state index contributed by atoms with van der Waals surface area (Å²) >= 11 is 0. The predicted octanol–water partition coefficient (Wildman–Crippen LogP) is 5.22. The first-order valence-electron chi connectivity index (χ1n) is 9.42. The third kappa shape index (κ3) is 4.01. The molecule has 0 spiro atoms. The number of aryl methyl sites for hydroxylation is 1. The number of fused-ring (bicyclic) bond motifs is 1. The number of H-pyrrole nitrogens is 1. The normalized spacial score (nSPS) is 16.3. The quantitative estimate of drug-likeness (QED) is 0.533. The standard InChI is InChI=1S/C22H24F4N2O2/c1-13-15-7-8-27-11-18(15)28-17(13)10-20(2,29)12-21(3,22(24,25)26)16-9-14(23)5-6-19(16)30-4/h5-9,11,28-29H,10,12H2,1-4H3. The number of alkyl halides is 3. The van der Waals surface area contributed by atoms with Crippen LogP contribution in [0.15, 0.2) is 36.7 Å². The van der Waals surface area contributed by atoms with Gasteiger partial charge in [-0.1, -0.05) is 0 Å². The summed E-state index contributed by atoms with van der Waals surface area (Å²) in [7, 11) is 1.23. The van der Waals surface area contributed by atoms with Gasteiger partial charge in [-0.2, -0.15) is 13.2 Å². The van der Waals surface area contributed by atoms with Gasteiger partial charge in [-0.25, -0.2) is 4.39 Å². The minimum Gasteiger partial charge on any atom is -0.496 e. The molecular weight excluding hydrogens is 400 g/mol. The zero-order valence-corrected chi connectivity index (χ0v) is 17.2. The number of aromatic nitrogens is 2. The Kier molecular flexibility index (Phi) is 5.58. The second-order valence-corrected chi connectivity index (χ2v) is 8.17. The molecule has 0 saturated carbocycles. The number of aromatic amines is 1. The summed E-state index contributed by atoms with van der Waals surface area (Å²) in [5, 5.41) is 11.9. The average molecular weight is 424 g/mol. The molecule has 3 rings (SSSR count). The Morgan fingerprint density at radius 2 is 1.87 bits per heavy atom. The molecule has 2 unspecified atom stereocenters. The molecule has 0 amide bonds. The van der Waals surface area contributed by atoms with Crippen molar-refractivity contribution < 1.29 is 27.4 Å². The van der Waals surface area contributed by atoms with E-state index in [1.54, 1.807) is 18.5 Å². The highest BCUT2D eigenvalue weighted by Crippen LogP contribution is 2.49. The molecule has 0 saturated heterocycles. The molecule has 162 valence electrons. The van der Waals surface area contributed by atoms with Gasteiger partial charge in [0.15, 0.2) is 0 Å². The number of hydrogen-bond donors (Lipinski definition) is 2. The number of benzene rings is 1. The maximum Gasteiger partial charge on any atom is 0.398 e. The summed E-state index contributed by atoms with van der Waals surface area (Å²) in [5.41, 5.74) is -2.43. The van der Waals surface area contributed by atoms with Crippen LogP contribution in [-0.4, -0.2) is 34.0 Å². The number of ether oxygens (including phenoxy) is 1. The molecule has 2 N–H and O–H groups in total. The van der Waals surface area contributed by atoms with Crippen LogP contribution in [0.25, 0.3) is 10.9 Å². The van der Waals surface area contributed by atoms with E-state index in [1.807, 2.05) is 6.92 Å². The Hall–Kier alpha value is -2.61. The maximum atomic E-state index is 14.2. The number of aliphatic hydroxyl groups is 1. The van der Waals surface area contributed by atoms with Gasteiger partial charge in [0.2, 0.25) is 0 Å². The minimum atomic E-state index is -4.75. The predicted molar refractivity (Wildman–Crippen MR) is 106 cm³/mol. The largest absolute Gasteiger partial charge is 0.496 e. The number of nitrogens with one attached hydrogen (secondary N) is 1. The highest BCUT2D eigenvalue weighted by atomic mass is 19.4. The van der Waals surface area contributed by atoms with E-state index in [0.717, 1.165) is 41.6 Å². The highest BCUT2D eigenvalue weighted by Gasteiger charge is 2.56. The summed E-state index contributed by atoms with van der Waals surface area (Å²) in [6.45, 7) is 4.15. The van der Waals surface area contributed by atoms with Crippen LogP contribution < -0.4 is 4.74 Å². The lowest BCUT2D eigenvalue weighted by Crippen LogP contribution is -2.47. The van der Waals surface area contributed by atoms with Crippen molar-refractivity contribution >= 4 is 10.9 Å². The van der Waals surface area contributed by atoms with E-state index < -0.39 is 29.4 Å². The molecule has 0 aliphatic carbocycles. The van der Waals surface area contributed by atoms with Crippen molar-refractivity contribution in [2.75, 3.05) is 7.11 Å². The van der Waals surface area contributed by atoms with Gasteiger partial charge in [0.05, 0.1) is 29.8 Å². The van der Waals surface area contributed by atoms with Gasteiger partial charge in [-0.15, -0.1) is 0 Å². The molecule has 8 heteroatoms. The van der Waals surface area contributed by atoms with E-state index in [-0.39, 0.29) is 17.7 Å². The molecule has 0 radical (unpaired) electrons. The van der Waals surface area contributed by atoms with Crippen molar-refractivity contribution in [1.82, 2.24) is 9.97 Å². The molecule has 2 aromatic heterocycles. The third-order valence-corrected chi connectivity index (χ3v) is 5.64. The maximum absolute atomic E-state index is 14.2. The van der Waals surface area contributed by atoms with Crippen molar-refractivity contribution in [3.8, 4) is 5.75 Å². The van der Waals surface area contributed by atoms with Crippen LogP contribution in [0.3, 0.4) is 0 Å². The first-order valence-corrected chi connectivity index (χ1v) is 9.42. The van der Waals surface area contributed by atoms with Gasteiger partial charge in [0, 0.05) is 29.3 Å². The second-order valence-electron chi connectivity index (χ2n) is 8.17. The van der Waals surface area contributed by atoms with Crippen molar-refractivity contribution in [2.24, 2.45) is 0 Å². The fourth-order valence-corrected chi connectivity index (χ4v) is 4.08. The summed E-state index contributed by atoms with van der Waals surface area (Å²) in [5.74, 6) is -0.889. The summed E-state index contributed by atoms with van der Waals surface area (Å²) in [6.07, 6.45) is -2.23. The summed E-state index contributed by atoms with van der Waals surface area (Å²) < 4.78 is 61.7. The van der Waals surface area contributed by atoms with Crippen LogP contribution >= 0.6 is 0 Å². The van der Waals surface area contributed by atoms with E-state index in [9.17, 15) is 22.7 Å². The summed E-state index contributed by atoms with van der Waals surface area (Å²) in [4.78, 5) is 7.16. The van der Waals surface area contributed by atoms with Crippen LogP contribution in [0.2, 0.25) is 0 Å². The molecule has 0 bridgehead atoms. The second kappa shape index (κ2) is 7.58. The molecule has 4 nitrogen and oxygen atoms in total. The molecule has 1 aromatic carbocycles. The molecule has 3 aromatic rings. The van der Waals surface area contributed by atoms with E-state index in [0.29, 0.717) is 5.69 Å². The molecule has 0 fully saturated rings. The smallest absolute Gasteiger partial charge is 0.398 e. The Balaban J connectivity index is 2.02. The van der Waals surface area contributed by atoms with Gasteiger partial charge in [-0.3, -0.25) is 4.98 Å². The Labute approximate surface area is 171 Å². The van der Waals surface area contributed by atoms with Crippen LogP contribution in [0.1, 0.15) is 37.1 Å². The molecular formula is C22H24F4N2O2. The molecule has 2 heterocycles. The fourth-order valence-electron chi connectivity index (χ4n) is 4.08. The molecule has 30 heavy (non-hydrogen) atoms. The lowest BCUT2D eigenvalue weighted by atomic mass is 9.72. The number of hydrogen-bond acceptors (Lipinski definition) is 3. The number of pyridine rings is 1. The van der Waals surface area contributed by atoms with Crippen LogP contribution in [0, 0.1) is 12.7 Å². The molecule has 2 atom stereocenters. The van der Waals surface area contributed by atoms with Gasteiger partial charge in [0.25, 0.3) is 0 Å². The monoisotopic (exact) mass is 424 g/mol. The lowest BCUT2D eigenvalue weighted by Gasteiger charge is -2.39. The Morgan fingerprint density at radius 3 is 2.47 bits per heavy atom. The number of methoxy groups -OCH3 is 1. The number of halogens is 4. The van der Waals surface area contributed by atoms with Gasteiger partial charge < -0.3 is 14.8 Å². The first kappa shape index (κ1) is 22.1. The van der Waals surface area contributed by atoms with Crippen molar-refractivity contribution in [1.29, 1.82) is 0 Å². The number of rotatable bonds is 6. The first-order chi connectivity index (χ1) is 13.9. The molecule has 0 aliphatic heterocycles. The number of nitrogens with zero attached hydrogens (tertiary/aromatic N) is 1. The van der Waals surface area contributed by atoms with Crippen LogP contribution in [-0.2, 0) is 11.8 Å². The lowest BCUT2D eigenvalue weighted by molar-refractivity contribution is -0.200. The fraction of sp³-hybridized carbons (Fsp3) is 0.409. The van der Waals surface area contributed by atoms with Gasteiger partial charge in [0.1, 0.15) is 11.6 Å². The zero-order valence-electron chi connectivity index (χ0n) is 17.2. The Bertz CT molecular complexity index is 1060. The van der Waals surface area contributed by atoms with Crippen LogP contribution in [0.4, 0.5) is 17.6 Å². The van der Waals surface area contributed by atoms with Gasteiger partial charge >= 0.3 is 6.18 Å². The van der Waals surface area contributed by atoms with Gasteiger partial charge in [-0.05, 0) is 57.0 Å². The molecule has 0 aliphatic rings. The topological polar surface area (TPSA) is 58.1 Å². The summed E-state index contributed by atoms with van der Waals surface area (Å²) in [6, 6.07) is 4.83. The van der Waals surface area contributed by atoms with E-state index >= 15 is 0 Å². The van der Waals surface area contributed by atoms with Crippen LogP contribution in [0.5, 0.6) is 5.75 Å².